The van der Waals surface area contributed by atoms with Gasteiger partial charge in [-0.3, -0.25) is 19.9 Å². The van der Waals surface area contributed by atoms with Crippen molar-refractivity contribution in [2.75, 3.05) is 5.32 Å². The van der Waals surface area contributed by atoms with Gasteiger partial charge in [0, 0.05) is 29.1 Å². The lowest BCUT2D eigenvalue weighted by Gasteiger charge is -2.08. The van der Waals surface area contributed by atoms with Gasteiger partial charge in [0.15, 0.2) is 5.78 Å². The minimum atomic E-state index is -0.435. The second kappa shape index (κ2) is 6.13. The van der Waals surface area contributed by atoms with Gasteiger partial charge in [-0.1, -0.05) is 0 Å². The first-order valence-corrected chi connectivity index (χ1v) is 6.43. The number of non-ortho nitro benzene ring substituents is 1. The van der Waals surface area contributed by atoms with E-state index in [2.05, 4.69) is 10.3 Å². The summed E-state index contributed by atoms with van der Waals surface area (Å²) in [5.74, 6) is -0.00474. The zero-order chi connectivity index (χ0) is 15.4. The van der Waals surface area contributed by atoms with E-state index in [1.807, 2.05) is 0 Å². The molecule has 0 bridgehead atoms. The third kappa shape index (κ3) is 3.62. The van der Waals surface area contributed by atoms with Crippen LogP contribution in [0.3, 0.4) is 0 Å². The third-order valence-corrected chi connectivity index (χ3v) is 3.07. The molecule has 2 aromatic rings. The summed E-state index contributed by atoms with van der Waals surface area (Å²) in [5, 5.41) is 13.7. The highest BCUT2D eigenvalue weighted by Gasteiger charge is 2.07. The Morgan fingerprint density at radius 2 is 1.90 bits per heavy atom. The van der Waals surface area contributed by atoms with Crippen LogP contribution in [0, 0.1) is 17.0 Å². The number of carbonyl (C=O) groups excluding carboxylic acids is 1. The van der Waals surface area contributed by atoms with Crippen molar-refractivity contribution >= 4 is 17.2 Å². The summed E-state index contributed by atoms with van der Waals surface area (Å²) in [6.45, 7) is 3.79. The first-order valence-electron chi connectivity index (χ1n) is 6.43. The van der Waals surface area contributed by atoms with E-state index in [1.165, 1.54) is 19.1 Å². The van der Waals surface area contributed by atoms with E-state index in [-0.39, 0.29) is 11.5 Å². The number of ketones is 1. The van der Waals surface area contributed by atoms with Crippen molar-refractivity contribution in [2.24, 2.45) is 0 Å². The normalized spacial score (nSPS) is 10.2. The smallest absolute Gasteiger partial charge is 0.269 e. The van der Waals surface area contributed by atoms with Gasteiger partial charge >= 0.3 is 0 Å². The van der Waals surface area contributed by atoms with E-state index in [1.54, 1.807) is 31.2 Å². The van der Waals surface area contributed by atoms with Crippen LogP contribution in [-0.2, 0) is 6.54 Å². The third-order valence-electron chi connectivity index (χ3n) is 3.07. The van der Waals surface area contributed by atoms with Gasteiger partial charge in [-0.15, -0.1) is 0 Å². The van der Waals surface area contributed by atoms with Gasteiger partial charge in [0.1, 0.15) is 0 Å². The van der Waals surface area contributed by atoms with Gasteiger partial charge in [-0.25, -0.2) is 0 Å². The van der Waals surface area contributed by atoms with Crippen LogP contribution < -0.4 is 5.32 Å². The molecule has 21 heavy (non-hydrogen) atoms. The highest BCUT2D eigenvalue weighted by atomic mass is 16.6. The SMILES string of the molecule is CC(=O)c1ccc(CNc2ccc([N+](=O)[O-])cc2)nc1C. The fraction of sp³-hybridized carbons (Fsp3) is 0.200. The van der Waals surface area contributed by atoms with Crippen LogP contribution in [0.25, 0.3) is 0 Å². The zero-order valence-electron chi connectivity index (χ0n) is 11.8. The molecule has 0 radical (unpaired) electrons. The first-order chi connectivity index (χ1) is 9.97. The summed E-state index contributed by atoms with van der Waals surface area (Å²) in [6, 6.07) is 9.74. The van der Waals surface area contributed by atoms with Crippen molar-refractivity contribution in [3.8, 4) is 0 Å². The molecule has 0 spiro atoms. The van der Waals surface area contributed by atoms with Crippen LogP contribution in [0.4, 0.5) is 11.4 Å². The molecule has 1 aromatic carbocycles. The Morgan fingerprint density at radius 1 is 1.24 bits per heavy atom. The van der Waals surface area contributed by atoms with Crippen molar-refractivity contribution in [2.45, 2.75) is 20.4 Å². The highest BCUT2D eigenvalue weighted by Crippen LogP contribution is 2.16. The summed E-state index contributed by atoms with van der Waals surface area (Å²) < 4.78 is 0. The molecular weight excluding hydrogens is 270 g/mol. The van der Waals surface area contributed by atoms with Crippen LogP contribution >= 0.6 is 0 Å². The van der Waals surface area contributed by atoms with Gasteiger partial charge in [-0.2, -0.15) is 0 Å². The second-order valence-electron chi connectivity index (χ2n) is 4.65. The Balaban J connectivity index is 2.04. The summed E-state index contributed by atoms with van der Waals surface area (Å²) in [4.78, 5) is 25.8. The van der Waals surface area contributed by atoms with E-state index >= 15 is 0 Å². The van der Waals surface area contributed by atoms with Crippen molar-refractivity contribution in [1.82, 2.24) is 4.98 Å². The predicted octanol–water partition coefficient (Wildman–Crippen LogP) is 3.11. The lowest BCUT2D eigenvalue weighted by Crippen LogP contribution is -2.05. The Morgan fingerprint density at radius 3 is 2.43 bits per heavy atom. The Hall–Kier alpha value is -2.76. The van der Waals surface area contributed by atoms with E-state index in [0.717, 1.165) is 11.4 Å². The lowest BCUT2D eigenvalue weighted by atomic mass is 10.1. The average Bonchev–Trinajstić information content (AvgIpc) is 2.45. The monoisotopic (exact) mass is 285 g/mol. The molecule has 1 aromatic heterocycles. The number of aryl methyl sites for hydroxylation is 1. The van der Waals surface area contributed by atoms with E-state index in [4.69, 9.17) is 0 Å². The quantitative estimate of drug-likeness (QED) is 0.518. The molecule has 0 aliphatic rings. The van der Waals surface area contributed by atoms with E-state index in [0.29, 0.717) is 17.8 Å². The van der Waals surface area contributed by atoms with Gasteiger partial charge in [-0.05, 0) is 38.1 Å². The Kier molecular flexibility index (Phi) is 4.27. The molecule has 0 aliphatic heterocycles. The highest BCUT2D eigenvalue weighted by molar-refractivity contribution is 5.95. The second-order valence-corrected chi connectivity index (χ2v) is 4.65. The number of nitrogens with zero attached hydrogens (tertiary/aromatic N) is 2. The maximum atomic E-state index is 11.3. The number of nitro groups is 1. The van der Waals surface area contributed by atoms with Crippen LogP contribution in [0.1, 0.15) is 28.7 Å². The van der Waals surface area contributed by atoms with Gasteiger partial charge in [0.25, 0.3) is 5.69 Å². The van der Waals surface area contributed by atoms with Gasteiger partial charge in [0.2, 0.25) is 0 Å². The number of nitro benzene ring substituents is 1. The van der Waals surface area contributed by atoms with Crippen molar-refractivity contribution in [3.05, 3.63) is 63.5 Å². The summed E-state index contributed by atoms with van der Waals surface area (Å²) in [7, 11) is 0. The number of carbonyl (C=O) groups is 1. The number of anilines is 1. The molecule has 1 N–H and O–H groups in total. The molecule has 6 nitrogen and oxygen atoms in total. The first kappa shape index (κ1) is 14.6. The largest absolute Gasteiger partial charge is 0.379 e. The summed E-state index contributed by atoms with van der Waals surface area (Å²) in [5.41, 5.74) is 2.95. The number of pyridine rings is 1. The van der Waals surface area contributed by atoms with Crippen LogP contribution in [-0.4, -0.2) is 15.7 Å². The fourth-order valence-corrected chi connectivity index (χ4v) is 1.98. The molecule has 0 saturated carbocycles. The number of benzene rings is 1. The fourth-order valence-electron chi connectivity index (χ4n) is 1.98. The van der Waals surface area contributed by atoms with Crippen LogP contribution in [0.5, 0.6) is 0 Å². The molecule has 1 heterocycles. The van der Waals surface area contributed by atoms with Gasteiger partial charge in [0.05, 0.1) is 17.2 Å². The molecule has 6 heteroatoms. The molecule has 0 saturated heterocycles. The minimum absolute atomic E-state index is 0.00474. The lowest BCUT2D eigenvalue weighted by molar-refractivity contribution is -0.384. The molecule has 108 valence electrons. The number of hydrogen-bond donors (Lipinski definition) is 1. The van der Waals surface area contributed by atoms with Crippen LogP contribution in [0.15, 0.2) is 36.4 Å². The Labute approximate surface area is 122 Å². The molecule has 0 fully saturated rings. The molecule has 0 atom stereocenters. The molecule has 2 rings (SSSR count). The number of rotatable bonds is 5. The predicted molar refractivity (Wildman–Crippen MR) is 79.4 cm³/mol. The number of Topliss-reactive ketones (excluding diaryl/α,β-unsaturated/α-hetero) is 1. The number of aromatic nitrogens is 1. The minimum Gasteiger partial charge on any atom is -0.379 e. The molecule has 0 unspecified atom stereocenters. The molecular formula is C15H15N3O3. The van der Waals surface area contributed by atoms with E-state index in [9.17, 15) is 14.9 Å². The van der Waals surface area contributed by atoms with Crippen LogP contribution in [0.2, 0.25) is 0 Å². The molecule has 0 amide bonds. The van der Waals surface area contributed by atoms with E-state index < -0.39 is 4.92 Å². The average molecular weight is 285 g/mol. The number of nitrogens with one attached hydrogen (secondary N) is 1. The zero-order valence-corrected chi connectivity index (χ0v) is 11.8. The maximum absolute atomic E-state index is 11.3. The standard InChI is InChI=1S/C15H15N3O3/c1-10-15(11(2)19)8-5-13(17-10)9-16-12-3-6-14(7-4-12)18(20)21/h3-8,16H,9H2,1-2H3. The molecule has 0 aliphatic carbocycles. The Bertz CT molecular complexity index is 681. The van der Waals surface area contributed by atoms with Gasteiger partial charge < -0.3 is 5.32 Å². The summed E-state index contributed by atoms with van der Waals surface area (Å²) in [6.07, 6.45) is 0. The van der Waals surface area contributed by atoms with Crippen molar-refractivity contribution in [3.63, 3.8) is 0 Å². The maximum Gasteiger partial charge on any atom is 0.269 e. The van der Waals surface area contributed by atoms with Crippen molar-refractivity contribution in [1.29, 1.82) is 0 Å². The topological polar surface area (TPSA) is 85.1 Å². The number of hydrogen-bond acceptors (Lipinski definition) is 5. The summed E-state index contributed by atoms with van der Waals surface area (Å²) >= 11 is 0. The van der Waals surface area contributed by atoms with Crippen molar-refractivity contribution < 1.29 is 9.72 Å².